The first-order chi connectivity index (χ1) is 12.1. The summed E-state index contributed by atoms with van der Waals surface area (Å²) >= 11 is 8.28. The van der Waals surface area contributed by atoms with E-state index >= 15 is 0 Å². The Balaban J connectivity index is 1.47. The predicted molar refractivity (Wildman–Crippen MR) is 101 cm³/mol. The van der Waals surface area contributed by atoms with Crippen LogP contribution in [0, 0.1) is 0 Å². The number of anilines is 1. The molecule has 2 aromatic rings. The van der Waals surface area contributed by atoms with Crippen molar-refractivity contribution < 1.29 is 18.7 Å². The fourth-order valence-corrected chi connectivity index (χ4v) is 2.88. The van der Waals surface area contributed by atoms with E-state index in [4.69, 9.17) is 26.1 Å². The summed E-state index contributed by atoms with van der Waals surface area (Å²) in [5.74, 6) is 0.519. The van der Waals surface area contributed by atoms with Crippen LogP contribution in [0.3, 0.4) is 0 Å². The highest BCUT2D eigenvalue weighted by atomic mass is 79.9. The van der Waals surface area contributed by atoms with Crippen LogP contribution in [0.4, 0.5) is 5.69 Å². The Bertz CT molecular complexity index is 741. The van der Waals surface area contributed by atoms with Gasteiger partial charge in [0.15, 0.2) is 15.5 Å². The molecule has 0 spiro atoms. The number of ether oxygens (including phenoxy) is 2. The molecule has 0 aliphatic carbocycles. The molecule has 1 fully saturated rings. The van der Waals surface area contributed by atoms with Gasteiger partial charge in [0.2, 0.25) is 0 Å². The number of furan rings is 1. The zero-order valence-electron chi connectivity index (χ0n) is 13.3. The summed E-state index contributed by atoms with van der Waals surface area (Å²) in [7, 11) is 0. The van der Waals surface area contributed by atoms with E-state index in [2.05, 4.69) is 26.6 Å². The van der Waals surface area contributed by atoms with Crippen LogP contribution >= 0.6 is 28.1 Å². The minimum absolute atomic E-state index is 0.175. The molecule has 2 heterocycles. The monoisotopic (exact) mass is 424 g/mol. The van der Waals surface area contributed by atoms with Crippen LogP contribution < -0.4 is 15.4 Å². The first kappa shape index (κ1) is 17.9. The molecule has 1 aromatic carbocycles. The minimum Gasteiger partial charge on any atom is -0.491 e. The Kier molecular flexibility index (Phi) is 6.06. The maximum absolute atomic E-state index is 11.9. The molecule has 3 rings (SSSR count). The number of benzene rings is 1. The van der Waals surface area contributed by atoms with Gasteiger partial charge in [0.05, 0.1) is 6.10 Å². The van der Waals surface area contributed by atoms with Crippen LogP contribution in [0.15, 0.2) is 45.5 Å². The largest absolute Gasteiger partial charge is 0.491 e. The second-order valence-corrected chi connectivity index (χ2v) is 6.67. The number of rotatable bonds is 5. The molecule has 1 atom stereocenters. The average Bonchev–Trinajstić information content (AvgIpc) is 3.25. The van der Waals surface area contributed by atoms with Crippen LogP contribution in [-0.2, 0) is 4.74 Å². The van der Waals surface area contributed by atoms with Gasteiger partial charge in [-0.2, -0.15) is 0 Å². The predicted octanol–water partition coefficient (Wildman–Crippen LogP) is 3.73. The summed E-state index contributed by atoms with van der Waals surface area (Å²) < 4.78 is 16.9. The van der Waals surface area contributed by atoms with E-state index in [0.29, 0.717) is 11.3 Å². The summed E-state index contributed by atoms with van der Waals surface area (Å²) in [5.41, 5.74) is 0.746. The molecule has 0 saturated carbocycles. The molecular weight excluding hydrogens is 408 g/mol. The second kappa shape index (κ2) is 8.46. The molecule has 1 amide bonds. The van der Waals surface area contributed by atoms with Crippen molar-refractivity contribution in [2.24, 2.45) is 0 Å². The van der Waals surface area contributed by atoms with Crippen molar-refractivity contribution in [2.45, 2.75) is 18.9 Å². The maximum atomic E-state index is 11.9. The Morgan fingerprint density at radius 3 is 2.72 bits per heavy atom. The van der Waals surface area contributed by atoms with E-state index in [-0.39, 0.29) is 17.0 Å². The van der Waals surface area contributed by atoms with Gasteiger partial charge >= 0.3 is 0 Å². The van der Waals surface area contributed by atoms with Gasteiger partial charge in [0.1, 0.15) is 12.4 Å². The van der Waals surface area contributed by atoms with Crippen molar-refractivity contribution in [2.75, 3.05) is 18.5 Å². The minimum atomic E-state index is -0.417. The highest BCUT2D eigenvalue weighted by molar-refractivity contribution is 9.10. The Morgan fingerprint density at radius 1 is 1.28 bits per heavy atom. The van der Waals surface area contributed by atoms with Crippen molar-refractivity contribution in [3.05, 3.63) is 46.8 Å². The summed E-state index contributed by atoms with van der Waals surface area (Å²) in [6.07, 6.45) is 2.32. The fraction of sp³-hybridized carbons (Fsp3) is 0.294. The van der Waals surface area contributed by atoms with Crippen molar-refractivity contribution in [1.82, 2.24) is 5.32 Å². The normalized spacial score (nSPS) is 16.4. The van der Waals surface area contributed by atoms with E-state index < -0.39 is 5.91 Å². The lowest BCUT2D eigenvalue weighted by molar-refractivity contribution is 0.0679. The zero-order valence-corrected chi connectivity index (χ0v) is 15.7. The van der Waals surface area contributed by atoms with E-state index in [0.717, 1.165) is 30.9 Å². The molecular formula is C17H17BrN2O4S. The van der Waals surface area contributed by atoms with E-state index in [1.807, 2.05) is 24.3 Å². The van der Waals surface area contributed by atoms with Crippen molar-refractivity contribution in [1.29, 1.82) is 0 Å². The first-order valence-corrected chi connectivity index (χ1v) is 9.02. The molecule has 1 saturated heterocycles. The van der Waals surface area contributed by atoms with Crippen molar-refractivity contribution in [3.8, 4) is 5.75 Å². The number of amides is 1. The highest BCUT2D eigenvalue weighted by Crippen LogP contribution is 2.18. The number of halogens is 1. The molecule has 25 heavy (non-hydrogen) atoms. The molecule has 6 nitrogen and oxygen atoms in total. The van der Waals surface area contributed by atoms with Gasteiger partial charge in [-0.15, -0.1) is 0 Å². The molecule has 132 valence electrons. The first-order valence-electron chi connectivity index (χ1n) is 7.82. The molecule has 1 aliphatic rings. The van der Waals surface area contributed by atoms with Crippen LogP contribution in [0.1, 0.15) is 23.4 Å². The molecule has 1 aliphatic heterocycles. The van der Waals surface area contributed by atoms with Crippen LogP contribution in [0.5, 0.6) is 5.75 Å². The summed E-state index contributed by atoms with van der Waals surface area (Å²) in [4.78, 5) is 11.9. The standard InChI is InChI=1S/C17H17BrN2O4S/c18-15-8-7-14(24-15)16(21)20-17(25)19-11-3-5-12(6-4-11)23-10-13-2-1-9-22-13/h3-8,13H,1-2,9-10H2,(H2,19,20,21,25)/t13-/m0/s1. The molecule has 0 radical (unpaired) electrons. The Labute approximate surface area is 159 Å². The third kappa shape index (κ3) is 5.29. The summed E-state index contributed by atoms with van der Waals surface area (Å²) in [5, 5.41) is 5.68. The second-order valence-electron chi connectivity index (χ2n) is 5.48. The maximum Gasteiger partial charge on any atom is 0.293 e. The Morgan fingerprint density at radius 2 is 2.08 bits per heavy atom. The number of hydrogen-bond acceptors (Lipinski definition) is 5. The fourth-order valence-electron chi connectivity index (χ4n) is 2.36. The summed E-state index contributed by atoms with van der Waals surface area (Å²) in [6, 6.07) is 10.5. The number of nitrogens with one attached hydrogen (secondary N) is 2. The molecule has 0 unspecified atom stereocenters. The quantitative estimate of drug-likeness (QED) is 0.712. The van der Waals surface area contributed by atoms with Crippen LogP contribution in [-0.4, -0.2) is 30.3 Å². The molecule has 2 N–H and O–H groups in total. The van der Waals surface area contributed by atoms with Gasteiger partial charge in [-0.25, -0.2) is 0 Å². The van der Waals surface area contributed by atoms with Gasteiger partial charge in [-0.05, 0) is 77.4 Å². The van der Waals surface area contributed by atoms with Crippen molar-refractivity contribution in [3.63, 3.8) is 0 Å². The van der Waals surface area contributed by atoms with Gasteiger partial charge in [0, 0.05) is 12.3 Å². The van der Waals surface area contributed by atoms with Gasteiger partial charge in [0.25, 0.3) is 5.91 Å². The number of thiocarbonyl (C=S) groups is 1. The zero-order chi connectivity index (χ0) is 17.6. The number of carbonyl (C=O) groups excluding carboxylic acids is 1. The average molecular weight is 425 g/mol. The summed E-state index contributed by atoms with van der Waals surface area (Å²) in [6.45, 7) is 1.37. The van der Waals surface area contributed by atoms with E-state index in [1.165, 1.54) is 0 Å². The topological polar surface area (TPSA) is 72.7 Å². The van der Waals surface area contributed by atoms with Gasteiger partial charge in [-0.3, -0.25) is 10.1 Å². The molecule has 1 aromatic heterocycles. The van der Waals surface area contributed by atoms with E-state index in [1.54, 1.807) is 12.1 Å². The lowest BCUT2D eigenvalue weighted by Gasteiger charge is -2.12. The highest BCUT2D eigenvalue weighted by Gasteiger charge is 2.16. The Hall–Kier alpha value is -1.90. The molecule has 0 bridgehead atoms. The SMILES string of the molecule is O=C(NC(=S)Nc1ccc(OC[C@@H]2CCCO2)cc1)c1ccc(Br)o1. The van der Waals surface area contributed by atoms with Gasteiger partial charge in [-0.1, -0.05) is 0 Å². The third-order valence-electron chi connectivity index (χ3n) is 3.60. The van der Waals surface area contributed by atoms with Crippen molar-refractivity contribution >= 4 is 44.9 Å². The lowest BCUT2D eigenvalue weighted by Crippen LogP contribution is -2.33. The number of hydrogen-bond donors (Lipinski definition) is 2. The van der Waals surface area contributed by atoms with Gasteiger partial charge < -0.3 is 19.2 Å². The van der Waals surface area contributed by atoms with Crippen LogP contribution in [0.25, 0.3) is 0 Å². The smallest absolute Gasteiger partial charge is 0.293 e. The third-order valence-corrected chi connectivity index (χ3v) is 4.23. The molecule has 8 heteroatoms. The number of carbonyl (C=O) groups is 1. The lowest BCUT2D eigenvalue weighted by atomic mass is 10.2. The van der Waals surface area contributed by atoms with Crippen LogP contribution in [0.2, 0.25) is 0 Å². The van der Waals surface area contributed by atoms with E-state index in [9.17, 15) is 4.79 Å².